The molecule has 1 unspecified atom stereocenters. The Balaban J connectivity index is 2.16. The number of ether oxygens (including phenoxy) is 1. The SMILES string of the molecule is CCOC1(C(N)c2ccsc2)CCC(C)CC1. The molecule has 3 heteroatoms. The zero-order valence-corrected chi connectivity index (χ0v) is 11.6. The summed E-state index contributed by atoms with van der Waals surface area (Å²) in [6.45, 7) is 5.15. The molecule has 1 aliphatic carbocycles. The van der Waals surface area contributed by atoms with Crippen LogP contribution in [0.1, 0.15) is 51.1 Å². The van der Waals surface area contributed by atoms with E-state index < -0.39 is 0 Å². The van der Waals surface area contributed by atoms with Gasteiger partial charge in [0.25, 0.3) is 0 Å². The highest BCUT2D eigenvalue weighted by Crippen LogP contribution is 2.42. The van der Waals surface area contributed by atoms with Crippen molar-refractivity contribution in [3.05, 3.63) is 22.4 Å². The lowest BCUT2D eigenvalue weighted by atomic mass is 9.74. The van der Waals surface area contributed by atoms with Crippen LogP contribution in [0.2, 0.25) is 0 Å². The molecule has 0 spiro atoms. The molecule has 1 aliphatic rings. The Kier molecular flexibility index (Phi) is 4.23. The van der Waals surface area contributed by atoms with Crippen molar-refractivity contribution in [3.63, 3.8) is 0 Å². The third-order valence-electron chi connectivity index (χ3n) is 4.02. The molecule has 0 radical (unpaired) electrons. The molecule has 0 aromatic carbocycles. The smallest absolute Gasteiger partial charge is 0.0874 e. The second-order valence-corrected chi connectivity index (χ2v) is 5.99. The Bertz CT molecular complexity index is 328. The molecule has 0 saturated heterocycles. The van der Waals surface area contributed by atoms with Gasteiger partial charge >= 0.3 is 0 Å². The summed E-state index contributed by atoms with van der Waals surface area (Å²) in [5, 5.41) is 4.25. The molecule has 0 bridgehead atoms. The lowest BCUT2D eigenvalue weighted by Crippen LogP contribution is -2.46. The number of thiophene rings is 1. The van der Waals surface area contributed by atoms with Gasteiger partial charge in [-0.25, -0.2) is 0 Å². The van der Waals surface area contributed by atoms with Gasteiger partial charge in [-0.2, -0.15) is 11.3 Å². The zero-order valence-electron chi connectivity index (χ0n) is 10.8. The Labute approximate surface area is 108 Å². The highest BCUT2D eigenvalue weighted by atomic mass is 32.1. The first-order valence-electron chi connectivity index (χ1n) is 6.59. The minimum Gasteiger partial charge on any atom is -0.373 e. The van der Waals surface area contributed by atoms with Crippen LogP contribution >= 0.6 is 11.3 Å². The molecule has 1 atom stereocenters. The summed E-state index contributed by atoms with van der Waals surface area (Å²) in [4.78, 5) is 0. The molecule has 2 rings (SSSR count). The largest absolute Gasteiger partial charge is 0.373 e. The molecule has 17 heavy (non-hydrogen) atoms. The summed E-state index contributed by atoms with van der Waals surface area (Å²) >= 11 is 1.71. The first kappa shape index (κ1) is 13.1. The van der Waals surface area contributed by atoms with E-state index in [0.717, 1.165) is 25.4 Å². The van der Waals surface area contributed by atoms with Crippen LogP contribution in [-0.2, 0) is 4.74 Å². The van der Waals surface area contributed by atoms with Crippen LogP contribution in [0.25, 0.3) is 0 Å². The quantitative estimate of drug-likeness (QED) is 0.887. The van der Waals surface area contributed by atoms with Crippen LogP contribution in [0.3, 0.4) is 0 Å². The fourth-order valence-electron chi connectivity index (χ4n) is 2.84. The Morgan fingerprint density at radius 3 is 2.76 bits per heavy atom. The molecule has 1 fully saturated rings. The summed E-state index contributed by atoms with van der Waals surface area (Å²) in [5.74, 6) is 0.818. The molecule has 1 heterocycles. The second-order valence-electron chi connectivity index (χ2n) is 5.21. The fraction of sp³-hybridized carbons (Fsp3) is 0.714. The third-order valence-corrected chi connectivity index (χ3v) is 4.72. The Hall–Kier alpha value is -0.380. The molecule has 0 aliphatic heterocycles. The predicted molar refractivity (Wildman–Crippen MR) is 73.2 cm³/mol. The van der Waals surface area contributed by atoms with Gasteiger partial charge in [-0.15, -0.1) is 0 Å². The molecule has 0 amide bonds. The summed E-state index contributed by atoms with van der Waals surface area (Å²) in [7, 11) is 0. The van der Waals surface area contributed by atoms with E-state index in [0.29, 0.717) is 0 Å². The van der Waals surface area contributed by atoms with E-state index in [2.05, 4.69) is 30.7 Å². The number of rotatable bonds is 4. The van der Waals surface area contributed by atoms with Gasteiger partial charge in [0.05, 0.1) is 11.6 Å². The molecule has 1 saturated carbocycles. The molecule has 1 aromatic heterocycles. The zero-order chi connectivity index (χ0) is 12.3. The molecule has 2 nitrogen and oxygen atoms in total. The van der Waals surface area contributed by atoms with Gasteiger partial charge in [-0.3, -0.25) is 0 Å². The van der Waals surface area contributed by atoms with Crippen molar-refractivity contribution in [2.75, 3.05) is 6.61 Å². The topological polar surface area (TPSA) is 35.2 Å². The predicted octanol–water partition coefficient (Wildman–Crippen LogP) is 3.73. The van der Waals surface area contributed by atoms with Crippen molar-refractivity contribution in [1.82, 2.24) is 0 Å². The third kappa shape index (κ3) is 2.72. The summed E-state index contributed by atoms with van der Waals surface area (Å²) in [6, 6.07) is 2.16. The number of hydrogen-bond donors (Lipinski definition) is 1. The van der Waals surface area contributed by atoms with Crippen LogP contribution in [0, 0.1) is 5.92 Å². The monoisotopic (exact) mass is 253 g/mol. The second kappa shape index (κ2) is 5.51. The van der Waals surface area contributed by atoms with Gasteiger partial charge in [0.15, 0.2) is 0 Å². The Morgan fingerprint density at radius 2 is 2.24 bits per heavy atom. The molecule has 1 aromatic rings. The van der Waals surface area contributed by atoms with Crippen LogP contribution in [-0.4, -0.2) is 12.2 Å². The summed E-state index contributed by atoms with van der Waals surface area (Å²) < 4.78 is 6.08. The van der Waals surface area contributed by atoms with E-state index in [1.807, 2.05) is 0 Å². The van der Waals surface area contributed by atoms with Crippen molar-refractivity contribution < 1.29 is 4.74 Å². The maximum Gasteiger partial charge on any atom is 0.0874 e. The van der Waals surface area contributed by atoms with Crippen LogP contribution in [0.5, 0.6) is 0 Å². The molecule has 2 N–H and O–H groups in total. The average Bonchev–Trinajstić information content (AvgIpc) is 2.85. The van der Waals surface area contributed by atoms with Crippen molar-refractivity contribution in [2.45, 2.75) is 51.2 Å². The number of nitrogens with two attached hydrogens (primary N) is 1. The van der Waals surface area contributed by atoms with E-state index in [9.17, 15) is 0 Å². The summed E-state index contributed by atoms with van der Waals surface area (Å²) in [5.41, 5.74) is 7.57. The van der Waals surface area contributed by atoms with E-state index >= 15 is 0 Å². The minimum absolute atomic E-state index is 0.0289. The van der Waals surface area contributed by atoms with Gasteiger partial charge < -0.3 is 10.5 Å². The van der Waals surface area contributed by atoms with Gasteiger partial charge in [0, 0.05) is 6.61 Å². The minimum atomic E-state index is -0.123. The van der Waals surface area contributed by atoms with Gasteiger partial charge in [0.1, 0.15) is 0 Å². The van der Waals surface area contributed by atoms with Crippen molar-refractivity contribution in [1.29, 1.82) is 0 Å². The highest BCUT2D eigenvalue weighted by Gasteiger charge is 2.41. The standard InChI is InChI=1S/C14H23NOS/c1-3-16-14(7-4-11(2)5-8-14)13(15)12-6-9-17-10-12/h6,9-11,13H,3-5,7-8,15H2,1-2H3. The van der Waals surface area contributed by atoms with E-state index in [-0.39, 0.29) is 11.6 Å². The van der Waals surface area contributed by atoms with E-state index in [1.54, 1.807) is 11.3 Å². The van der Waals surface area contributed by atoms with Crippen LogP contribution in [0.4, 0.5) is 0 Å². The maximum atomic E-state index is 6.46. The first-order valence-corrected chi connectivity index (χ1v) is 7.54. The normalized spacial score (nSPS) is 31.4. The van der Waals surface area contributed by atoms with Gasteiger partial charge in [0.2, 0.25) is 0 Å². The van der Waals surface area contributed by atoms with E-state index in [4.69, 9.17) is 10.5 Å². The van der Waals surface area contributed by atoms with Crippen LogP contribution < -0.4 is 5.73 Å². The van der Waals surface area contributed by atoms with Crippen LogP contribution in [0.15, 0.2) is 16.8 Å². The number of hydrogen-bond acceptors (Lipinski definition) is 3. The van der Waals surface area contributed by atoms with Crippen molar-refractivity contribution in [2.24, 2.45) is 11.7 Å². The lowest BCUT2D eigenvalue weighted by Gasteiger charge is -2.43. The van der Waals surface area contributed by atoms with Gasteiger partial charge in [-0.05, 0) is 60.9 Å². The van der Waals surface area contributed by atoms with Crippen molar-refractivity contribution >= 4 is 11.3 Å². The molecular formula is C14H23NOS. The molecule has 96 valence electrons. The molecular weight excluding hydrogens is 230 g/mol. The highest BCUT2D eigenvalue weighted by molar-refractivity contribution is 7.07. The summed E-state index contributed by atoms with van der Waals surface area (Å²) in [6.07, 6.45) is 4.66. The Morgan fingerprint density at radius 1 is 1.53 bits per heavy atom. The van der Waals surface area contributed by atoms with Gasteiger partial charge in [-0.1, -0.05) is 6.92 Å². The fourth-order valence-corrected chi connectivity index (χ4v) is 3.54. The maximum absolute atomic E-state index is 6.46. The van der Waals surface area contributed by atoms with Crippen molar-refractivity contribution in [3.8, 4) is 0 Å². The van der Waals surface area contributed by atoms with E-state index in [1.165, 1.54) is 18.4 Å². The lowest BCUT2D eigenvalue weighted by molar-refractivity contribution is -0.0896. The average molecular weight is 253 g/mol. The first-order chi connectivity index (χ1) is 8.18.